The molecular weight excluding hydrogens is 338 g/mol. The maximum atomic E-state index is 13.8. The first-order chi connectivity index (χ1) is 12.5. The second kappa shape index (κ2) is 7.43. The average Bonchev–Trinajstić information content (AvgIpc) is 2.98. The van der Waals surface area contributed by atoms with Crippen molar-refractivity contribution in [3.05, 3.63) is 82.7 Å². The van der Waals surface area contributed by atoms with Gasteiger partial charge >= 0.3 is 0 Å². The molecule has 0 aliphatic carbocycles. The summed E-state index contributed by atoms with van der Waals surface area (Å²) in [6.45, 7) is 3.80. The van der Waals surface area contributed by atoms with Crippen LogP contribution >= 0.6 is 0 Å². The Morgan fingerprint density at radius 2 is 1.85 bits per heavy atom. The summed E-state index contributed by atoms with van der Waals surface area (Å²) in [5.74, 6) is -1.12. The van der Waals surface area contributed by atoms with Gasteiger partial charge in [0, 0.05) is 5.56 Å². The molecule has 7 heteroatoms. The van der Waals surface area contributed by atoms with Gasteiger partial charge in [0.15, 0.2) is 5.69 Å². The molecule has 0 aliphatic heterocycles. The van der Waals surface area contributed by atoms with Gasteiger partial charge in [-0.2, -0.15) is 0 Å². The van der Waals surface area contributed by atoms with E-state index in [1.807, 2.05) is 0 Å². The summed E-state index contributed by atoms with van der Waals surface area (Å²) < 4.78 is 28.4. The van der Waals surface area contributed by atoms with Crippen molar-refractivity contribution >= 4 is 5.91 Å². The number of aromatic nitrogens is 3. The lowest BCUT2D eigenvalue weighted by Gasteiger charge is -2.14. The highest BCUT2D eigenvalue weighted by atomic mass is 19.1. The molecule has 1 amide bonds. The smallest absolute Gasteiger partial charge is 0.274 e. The number of rotatable bonds is 5. The molecule has 2 aromatic carbocycles. The van der Waals surface area contributed by atoms with Crippen molar-refractivity contribution in [1.29, 1.82) is 0 Å². The highest BCUT2D eigenvalue weighted by Gasteiger charge is 2.20. The fourth-order valence-electron chi connectivity index (χ4n) is 2.65. The van der Waals surface area contributed by atoms with E-state index < -0.39 is 11.9 Å². The van der Waals surface area contributed by atoms with Crippen LogP contribution in [0.2, 0.25) is 0 Å². The van der Waals surface area contributed by atoms with Crippen molar-refractivity contribution in [2.45, 2.75) is 26.4 Å². The standard InChI is InChI=1S/C19H18F2N4O/c1-12(16-5-3-4-6-17(16)21)22-19(26)18-13(2)25(24-23-18)11-14-7-9-15(20)10-8-14/h3-10,12H,11H2,1-2H3,(H,22,26)/t12-/m0/s1. The first kappa shape index (κ1) is 17.7. The largest absolute Gasteiger partial charge is 0.344 e. The molecule has 0 spiro atoms. The number of halogens is 2. The number of hydrogen-bond donors (Lipinski definition) is 1. The Morgan fingerprint density at radius 1 is 1.15 bits per heavy atom. The molecule has 134 valence electrons. The molecule has 0 fully saturated rings. The third kappa shape index (κ3) is 3.77. The zero-order chi connectivity index (χ0) is 18.7. The highest BCUT2D eigenvalue weighted by Crippen LogP contribution is 2.17. The summed E-state index contributed by atoms with van der Waals surface area (Å²) in [5, 5.41) is 10.7. The van der Waals surface area contributed by atoms with E-state index in [9.17, 15) is 13.6 Å². The van der Waals surface area contributed by atoms with Crippen LogP contribution in [0.25, 0.3) is 0 Å². The predicted molar refractivity (Wildman–Crippen MR) is 92.5 cm³/mol. The third-order valence-electron chi connectivity index (χ3n) is 4.16. The number of hydrogen-bond acceptors (Lipinski definition) is 3. The number of nitrogens with zero attached hydrogens (tertiary/aromatic N) is 3. The van der Waals surface area contributed by atoms with Gasteiger partial charge in [-0.25, -0.2) is 13.5 Å². The molecule has 0 saturated carbocycles. The zero-order valence-corrected chi connectivity index (χ0v) is 14.4. The molecule has 0 saturated heterocycles. The number of nitrogens with one attached hydrogen (secondary N) is 1. The Labute approximate surface area is 149 Å². The predicted octanol–water partition coefficient (Wildman–Crippen LogP) is 3.40. The molecule has 0 unspecified atom stereocenters. The molecule has 1 atom stereocenters. The van der Waals surface area contributed by atoms with Gasteiger partial charge in [0.25, 0.3) is 5.91 Å². The Balaban J connectivity index is 1.73. The Kier molecular flexibility index (Phi) is 5.06. The van der Waals surface area contributed by atoms with Gasteiger partial charge in [-0.3, -0.25) is 4.79 Å². The highest BCUT2D eigenvalue weighted by molar-refractivity contribution is 5.93. The molecule has 0 aliphatic rings. The third-order valence-corrected chi connectivity index (χ3v) is 4.16. The van der Waals surface area contributed by atoms with Crippen molar-refractivity contribution in [3.63, 3.8) is 0 Å². The molecule has 0 bridgehead atoms. The molecular formula is C19H18F2N4O. The first-order valence-electron chi connectivity index (χ1n) is 8.15. The van der Waals surface area contributed by atoms with E-state index in [1.165, 1.54) is 18.2 Å². The second-order valence-electron chi connectivity index (χ2n) is 6.02. The number of carbonyl (C=O) groups excluding carboxylic acids is 1. The maximum absolute atomic E-state index is 13.8. The van der Waals surface area contributed by atoms with E-state index in [-0.39, 0.29) is 17.3 Å². The van der Waals surface area contributed by atoms with E-state index in [4.69, 9.17) is 0 Å². The molecule has 1 aromatic heterocycles. The second-order valence-corrected chi connectivity index (χ2v) is 6.02. The van der Waals surface area contributed by atoms with Crippen LogP contribution in [-0.4, -0.2) is 20.9 Å². The average molecular weight is 356 g/mol. The van der Waals surface area contributed by atoms with Crippen molar-refractivity contribution in [1.82, 2.24) is 20.3 Å². The molecule has 1 N–H and O–H groups in total. The molecule has 3 rings (SSSR count). The summed E-state index contributed by atoms with van der Waals surface area (Å²) >= 11 is 0. The summed E-state index contributed by atoms with van der Waals surface area (Å²) in [6.07, 6.45) is 0. The maximum Gasteiger partial charge on any atom is 0.274 e. The quantitative estimate of drug-likeness (QED) is 0.762. The van der Waals surface area contributed by atoms with Crippen LogP contribution in [0.3, 0.4) is 0 Å². The number of amides is 1. The fourth-order valence-corrected chi connectivity index (χ4v) is 2.65. The zero-order valence-electron chi connectivity index (χ0n) is 14.4. The van der Waals surface area contributed by atoms with E-state index >= 15 is 0 Å². The van der Waals surface area contributed by atoms with Gasteiger partial charge < -0.3 is 5.32 Å². The van der Waals surface area contributed by atoms with Crippen LogP contribution in [0, 0.1) is 18.6 Å². The van der Waals surface area contributed by atoms with Gasteiger partial charge in [0.2, 0.25) is 0 Å². The molecule has 0 radical (unpaired) electrons. The molecule has 3 aromatic rings. The first-order valence-corrected chi connectivity index (χ1v) is 8.15. The van der Waals surface area contributed by atoms with E-state index in [0.29, 0.717) is 17.8 Å². The van der Waals surface area contributed by atoms with Crippen LogP contribution in [-0.2, 0) is 6.54 Å². The normalized spacial score (nSPS) is 12.0. The van der Waals surface area contributed by atoms with E-state index in [1.54, 1.807) is 48.9 Å². The summed E-state index contributed by atoms with van der Waals surface area (Å²) in [4.78, 5) is 12.5. The molecule has 26 heavy (non-hydrogen) atoms. The topological polar surface area (TPSA) is 59.8 Å². The summed E-state index contributed by atoms with van der Waals surface area (Å²) in [6, 6.07) is 11.8. The van der Waals surface area contributed by atoms with Crippen molar-refractivity contribution in [3.8, 4) is 0 Å². The Hall–Kier alpha value is -3.09. The minimum Gasteiger partial charge on any atom is -0.344 e. The Bertz CT molecular complexity index is 922. The summed E-state index contributed by atoms with van der Waals surface area (Å²) in [5.41, 5.74) is 1.99. The number of benzene rings is 2. The lowest BCUT2D eigenvalue weighted by atomic mass is 10.1. The van der Waals surface area contributed by atoms with Gasteiger partial charge in [-0.15, -0.1) is 5.10 Å². The minimum atomic E-state index is -0.509. The van der Waals surface area contributed by atoms with E-state index in [0.717, 1.165) is 5.56 Å². The minimum absolute atomic E-state index is 0.176. The van der Waals surface area contributed by atoms with Crippen LogP contribution < -0.4 is 5.32 Å². The van der Waals surface area contributed by atoms with Crippen molar-refractivity contribution in [2.75, 3.05) is 0 Å². The van der Waals surface area contributed by atoms with Crippen molar-refractivity contribution < 1.29 is 13.6 Å². The van der Waals surface area contributed by atoms with Crippen LogP contribution in [0.15, 0.2) is 48.5 Å². The van der Waals surface area contributed by atoms with Crippen LogP contribution in [0.1, 0.15) is 40.3 Å². The monoisotopic (exact) mass is 356 g/mol. The fraction of sp³-hybridized carbons (Fsp3) is 0.211. The SMILES string of the molecule is Cc1c(C(=O)N[C@@H](C)c2ccccc2F)nnn1Cc1ccc(F)cc1. The lowest BCUT2D eigenvalue weighted by molar-refractivity contribution is 0.0933. The number of carbonyl (C=O) groups is 1. The van der Waals surface area contributed by atoms with Crippen LogP contribution in [0.4, 0.5) is 8.78 Å². The molecule has 5 nitrogen and oxygen atoms in total. The summed E-state index contributed by atoms with van der Waals surface area (Å²) in [7, 11) is 0. The Morgan fingerprint density at radius 3 is 2.54 bits per heavy atom. The van der Waals surface area contributed by atoms with Gasteiger partial charge in [0.1, 0.15) is 11.6 Å². The van der Waals surface area contributed by atoms with Gasteiger partial charge in [-0.05, 0) is 37.6 Å². The molecule has 1 heterocycles. The van der Waals surface area contributed by atoms with E-state index in [2.05, 4.69) is 15.6 Å². The van der Waals surface area contributed by atoms with Gasteiger partial charge in [-0.1, -0.05) is 35.5 Å². The van der Waals surface area contributed by atoms with Gasteiger partial charge in [0.05, 0.1) is 18.3 Å². The lowest BCUT2D eigenvalue weighted by Crippen LogP contribution is -2.28. The van der Waals surface area contributed by atoms with Crippen LogP contribution in [0.5, 0.6) is 0 Å². The van der Waals surface area contributed by atoms with Crippen molar-refractivity contribution in [2.24, 2.45) is 0 Å².